The van der Waals surface area contributed by atoms with E-state index in [1.165, 1.54) is 11.3 Å². The van der Waals surface area contributed by atoms with Gasteiger partial charge in [0.25, 0.3) is 0 Å². The first-order chi connectivity index (χ1) is 11.8. The largest absolute Gasteiger partial charge is 0.385 e. The number of hydrogen-bond donors (Lipinski definition) is 0. The van der Waals surface area contributed by atoms with Crippen LogP contribution in [0.3, 0.4) is 0 Å². The van der Waals surface area contributed by atoms with Crippen molar-refractivity contribution in [2.24, 2.45) is 5.92 Å². The minimum absolute atomic E-state index is 0.632. The Hall–Kier alpha value is -1.62. The lowest BCUT2D eigenvalue weighted by Crippen LogP contribution is -2.31. The predicted octanol–water partition coefficient (Wildman–Crippen LogP) is 3.17. The first-order valence-electron chi connectivity index (χ1n) is 8.82. The van der Waals surface area contributed by atoms with Crippen LogP contribution in [0.1, 0.15) is 17.7 Å². The van der Waals surface area contributed by atoms with Crippen molar-refractivity contribution in [3.8, 4) is 0 Å². The molecule has 4 nitrogen and oxygen atoms in total. The fraction of sp³-hybridized carbons (Fsp3) is 0.500. The van der Waals surface area contributed by atoms with Gasteiger partial charge in [0.15, 0.2) is 0 Å². The van der Waals surface area contributed by atoms with Gasteiger partial charge < -0.3 is 14.0 Å². The second-order valence-electron chi connectivity index (χ2n) is 6.57. The Morgan fingerprint density at radius 2 is 1.92 bits per heavy atom. The van der Waals surface area contributed by atoms with Gasteiger partial charge in [0.05, 0.1) is 13.2 Å². The maximum Gasteiger partial charge on any atom is 0.0717 e. The van der Waals surface area contributed by atoms with E-state index in [0.717, 1.165) is 45.8 Å². The summed E-state index contributed by atoms with van der Waals surface area (Å²) in [4.78, 5) is 2.52. The standard InChI is InChI=1S/C20H28N2O2/c1-23-12-9-19-14-21(16-20-8-5-10-22(20)15-19)11-13-24-17-18-6-3-2-4-7-18/h2-8,10,19H,9,11-17H2,1H3/t19-/m1/s1. The minimum atomic E-state index is 0.632. The van der Waals surface area contributed by atoms with Crippen molar-refractivity contribution < 1.29 is 9.47 Å². The molecule has 0 fully saturated rings. The molecule has 0 spiro atoms. The summed E-state index contributed by atoms with van der Waals surface area (Å²) in [5.74, 6) is 0.632. The Kier molecular flexibility index (Phi) is 6.47. The molecular formula is C20H28N2O2. The number of methoxy groups -OCH3 is 1. The van der Waals surface area contributed by atoms with E-state index >= 15 is 0 Å². The van der Waals surface area contributed by atoms with Gasteiger partial charge in [-0.25, -0.2) is 0 Å². The van der Waals surface area contributed by atoms with Crippen molar-refractivity contribution in [3.63, 3.8) is 0 Å². The monoisotopic (exact) mass is 328 g/mol. The maximum absolute atomic E-state index is 5.88. The van der Waals surface area contributed by atoms with E-state index in [4.69, 9.17) is 9.47 Å². The molecule has 1 aromatic heterocycles. The van der Waals surface area contributed by atoms with Crippen LogP contribution in [0.25, 0.3) is 0 Å². The van der Waals surface area contributed by atoms with E-state index in [0.29, 0.717) is 12.5 Å². The lowest BCUT2D eigenvalue weighted by atomic mass is 10.1. The van der Waals surface area contributed by atoms with Gasteiger partial charge in [0.1, 0.15) is 0 Å². The van der Waals surface area contributed by atoms with Gasteiger partial charge in [-0.05, 0) is 30.0 Å². The zero-order valence-corrected chi connectivity index (χ0v) is 14.6. The van der Waals surface area contributed by atoms with Crippen molar-refractivity contribution in [1.29, 1.82) is 0 Å². The summed E-state index contributed by atoms with van der Waals surface area (Å²) >= 11 is 0. The summed E-state index contributed by atoms with van der Waals surface area (Å²) in [6, 6.07) is 14.8. The van der Waals surface area contributed by atoms with Crippen LogP contribution in [-0.2, 0) is 29.2 Å². The van der Waals surface area contributed by atoms with E-state index in [2.05, 4.69) is 52.1 Å². The fourth-order valence-corrected chi connectivity index (χ4v) is 3.36. The summed E-state index contributed by atoms with van der Waals surface area (Å²) in [6.07, 6.45) is 3.31. The molecule has 2 heterocycles. The zero-order valence-electron chi connectivity index (χ0n) is 14.6. The van der Waals surface area contributed by atoms with Crippen LogP contribution >= 0.6 is 0 Å². The molecule has 0 radical (unpaired) electrons. The van der Waals surface area contributed by atoms with E-state index in [-0.39, 0.29) is 0 Å². The maximum atomic E-state index is 5.88. The molecular weight excluding hydrogens is 300 g/mol. The highest BCUT2D eigenvalue weighted by Gasteiger charge is 2.21. The van der Waals surface area contributed by atoms with Crippen molar-refractivity contribution >= 4 is 0 Å². The SMILES string of the molecule is COCC[C@@H]1CN(CCOCc2ccccc2)Cc2cccn2C1. The van der Waals surface area contributed by atoms with Gasteiger partial charge in [0, 0.05) is 51.8 Å². The highest BCUT2D eigenvalue weighted by atomic mass is 16.5. The third-order valence-corrected chi connectivity index (χ3v) is 4.67. The van der Waals surface area contributed by atoms with E-state index in [1.54, 1.807) is 7.11 Å². The van der Waals surface area contributed by atoms with E-state index in [9.17, 15) is 0 Å². The summed E-state index contributed by atoms with van der Waals surface area (Å²) in [5, 5.41) is 0. The van der Waals surface area contributed by atoms with Gasteiger partial charge in [-0.3, -0.25) is 4.90 Å². The summed E-state index contributed by atoms with van der Waals surface area (Å²) < 4.78 is 13.6. The first kappa shape index (κ1) is 17.2. The van der Waals surface area contributed by atoms with Gasteiger partial charge in [-0.1, -0.05) is 30.3 Å². The van der Waals surface area contributed by atoms with Crippen molar-refractivity contribution in [1.82, 2.24) is 9.47 Å². The number of nitrogens with zero attached hydrogens (tertiary/aromatic N) is 2. The minimum Gasteiger partial charge on any atom is -0.385 e. The fourth-order valence-electron chi connectivity index (χ4n) is 3.36. The average molecular weight is 328 g/mol. The van der Waals surface area contributed by atoms with Crippen molar-refractivity contribution in [3.05, 3.63) is 59.9 Å². The molecule has 1 aliphatic heterocycles. The molecule has 3 rings (SSSR count). The third-order valence-electron chi connectivity index (χ3n) is 4.67. The highest BCUT2D eigenvalue weighted by molar-refractivity contribution is 5.13. The van der Waals surface area contributed by atoms with Crippen LogP contribution < -0.4 is 0 Å². The summed E-state index contributed by atoms with van der Waals surface area (Å²) in [5.41, 5.74) is 2.64. The number of fused-ring (bicyclic) bond motifs is 1. The lowest BCUT2D eigenvalue weighted by Gasteiger charge is -2.23. The Bertz CT molecular complexity index is 597. The molecule has 4 heteroatoms. The molecule has 0 amide bonds. The second-order valence-corrected chi connectivity index (χ2v) is 6.57. The van der Waals surface area contributed by atoms with E-state index < -0.39 is 0 Å². The van der Waals surface area contributed by atoms with Crippen LogP contribution in [0.2, 0.25) is 0 Å². The first-order valence-corrected chi connectivity index (χ1v) is 8.82. The Morgan fingerprint density at radius 3 is 2.75 bits per heavy atom. The molecule has 0 saturated heterocycles. The lowest BCUT2D eigenvalue weighted by molar-refractivity contribution is 0.0824. The number of aromatic nitrogens is 1. The number of benzene rings is 1. The summed E-state index contributed by atoms with van der Waals surface area (Å²) in [7, 11) is 1.78. The number of hydrogen-bond acceptors (Lipinski definition) is 3. The molecule has 0 unspecified atom stereocenters. The topological polar surface area (TPSA) is 26.6 Å². The molecule has 0 aliphatic carbocycles. The normalized spacial score (nSPS) is 18.3. The molecule has 0 N–H and O–H groups in total. The van der Waals surface area contributed by atoms with Gasteiger partial charge >= 0.3 is 0 Å². The molecule has 130 valence electrons. The Labute approximate surface area is 145 Å². The number of ether oxygens (including phenoxy) is 2. The van der Waals surface area contributed by atoms with E-state index in [1.807, 2.05) is 6.07 Å². The smallest absolute Gasteiger partial charge is 0.0717 e. The van der Waals surface area contributed by atoms with Gasteiger partial charge in [-0.2, -0.15) is 0 Å². The Balaban J connectivity index is 1.50. The van der Waals surface area contributed by atoms with Crippen LogP contribution in [0.15, 0.2) is 48.7 Å². The second kappa shape index (κ2) is 9.02. The van der Waals surface area contributed by atoms with Crippen LogP contribution in [0, 0.1) is 5.92 Å². The molecule has 0 saturated carbocycles. The number of rotatable bonds is 8. The van der Waals surface area contributed by atoms with Gasteiger partial charge in [0.2, 0.25) is 0 Å². The Morgan fingerprint density at radius 1 is 1.04 bits per heavy atom. The quantitative estimate of drug-likeness (QED) is 0.696. The zero-order chi connectivity index (χ0) is 16.6. The van der Waals surface area contributed by atoms with Crippen LogP contribution in [-0.4, -0.2) is 42.9 Å². The van der Waals surface area contributed by atoms with Gasteiger partial charge in [-0.15, -0.1) is 0 Å². The van der Waals surface area contributed by atoms with Crippen molar-refractivity contribution in [2.75, 3.05) is 33.4 Å². The molecule has 1 atom stereocenters. The van der Waals surface area contributed by atoms with Crippen LogP contribution in [0.5, 0.6) is 0 Å². The van der Waals surface area contributed by atoms with Crippen molar-refractivity contribution in [2.45, 2.75) is 26.1 Å². The molecule has 1 aromatic carbocycles. The highest BCUT2D eigenvalue weighted by Crippen LogP contribution is 2.19. The molecule has 0 bridgehead atoms. The molecule has 1 aliphatic rings. The molecule has 2 aromatic rings. The molecule has 24 heavy (non-hydrogen) atoms. The average Bonchev–Trinajstić information content (AvgIpc) is 2.97. The third kappa shape index (κ3) is 4.94. The summed E-state index contributed by atoms with van der Waals surface area (Å²) in [6.45, 7) is 6.48. The predicted molar refractivity (Wildman–Crippen MR) is 95.8 cm³/mol. The van der Waals surface area contributed by atoms with Crippen LogP contribution in [0.4, 0.5) is 0 Å².